The number of halogens is 3. The van der Waals surface area contributed by atoms with E-state index in [-0.39, 0.29) is 5.92 Å². The van der Waals surface area contributed by atoms with E-state index in [1.165, 1.54) is 0 Å². The van der Waals surface area contributed by atoms with E-state index in [2.05, 4.69) is 0 Å². The Morgan fingerprint density at radius 2 is 1.83 bits per heavy atom. The zero-order valence-corrected chi connectivity index (χ0v) is 12.0. The van der Waals surface area contributed by atoms with E-state index in [0.717, 1.165) is 5.56 Å². The van der Waals surface area contributed by atoms with E-state index in [1.54, 1.807) is 18.2 Å². The Morgan fingerprint density at radius 1 is 1.22 bits per heavy atom. The van der Waals surface area contributed by atoms with Crippen molar-refractivity contribution in [1.82, 2.24) is 0 Å². The molecule has 1 heterocycles. The highest BCUT2D eigenvalue weighted by atomic mass is 35.5. The lowest BCUT2D eigenvalue weighted by molar-refractivity contribution is -0.113. The molecule has 0 aromatic heterocycles. The van der Waals surface area contributed by atoms with Gasteiger partial charge >= 0.3 is 4.71 Å². The van der Waals surface area contributed by atoms with Crippen LogP contribution in [-0.4, -0.2) is 9.95 Å². The topological polar surface area (TPSA) is 35.5 Å². The first-order chi connectivity index (χ1) is 8.30. The fourth-order valence-electron chi connectivity index (χ4n) is 1.94. The molecule has 1 aromatic carbocycles. The number of ether oxygens (including phenoxy) is 2. The fraction of sp³-hybridized carbons (Fsp3) is 0.417. The molecule has 0 amide bonds. The Labute approximate surface area is 120 Å². The van der Waals surface area contributed by atoms with Gasteiger partial charge in [0.05, 0.1) is 5.92 Å². The van der Waals surface area contributed by atoms with Crippen molar-refractivity contribution in [2.45, 2.75) is 24.5 Å². The van der Waals surface area contributed by atoms with Crippen LogP contribution >= 0.6 is 34.8 Å². The van der Waals surface area contributed by atoms with Gasteiger partial charge in [-0.3, -0.25) is 4.79 Å². The first-order valence-electron chi connectivity index (χ1n) is 5.39. The van der Waals surface area contributed by atoms with Gasteiger partial charge in [-0.2, -0.15) is 0 Å². The van der Waals surface area contributed by atoms with Crippen LogP contribution in [0.15, 0.2) is 18.2 Å². The van der Waals surface area contributed by atoms with Gasteiger partial charge < -0.3 is 9.47 Å². The van der Waals surface area contributed by atoms with Crippen LogP contribution in [0.25, 0.3) is 0 Å². The SMILES string of the molecule is CC(C)C(C(=O)Cl)c1ccc2c(c1)OC(Cl)(Cl)O2. The molecule has 0 aliphatic carbocycles. The third-order valence-corrected chi connectivity index (χ3v) is 3.24. The van der Waals surface area contributed by atoms with Gasteiger partial charge in [0.1, 0.15) is 0 Å². The molecular formula is C12H11Cl3O3. The average Bonchev–Trinajstić information content (AvgIpc) is 2.49. The van der Waals surface area contributed by atoms with Crippen LogP contribution in [0.1, 0.15) is 25.3 Å². The predicted octanol–water partition coefficient (Wildman–Crippen LogP) is 4.05. The van der Waals surface area contributed by atoms with Crippen LogP contribution in [0.4, 0.5) is 0 Å². The van der Waals surface area contributed by atoms with Crippen LogP contribution in [0, 0.1) is 5.92 Å². The van der Waals surface area contributed by atoms with Crippen molar-refractivity contribution < 1.29 is 14.3 Å². The molecule has 0 saturated carbocycles. The van der Waals surface area contributed by atoms with E-state index in [0.29, 0.717) is 11.5 Å². The number of hydrogen-bond donors (Lipinski definition) is 0. The lowest BCUT2D eigenvalue weighted by Crippen LogP contribution is -2.22. The van der Waals surface area contributed by atoms with Gasteiger partial charge in [-0.05, 0) is 58.4 Å². The molecule has 1 aromatic rings. The minimum atomic E-state index is -1.71. The fourth-order valence-corrected chi connectivity index (χ4v) is 2.65. The van der Waals surface area contributed by atoms with Crippen LogP contribution in [0.5, 0.6) is 11.5 Å². The van der Waals surface area contributed by atoms with Crippen molar-refractivity contribution in [3.63, 3.8) is 0 Å². The summed E-state index contributed by atoms with van der Waals surface area (Å²) >= 11 is 17.1. The summed E-state index contributed by atoms with van der Waals surface area (Å²) in [5, 5.41) is -0.410. The van der Waals surface area contributed by atoms with E-state index in [9.17, 15) is 4.79 Å². The van der Waals surface area contributed by atoms with E-state index >= 15 is 0 Å². The van der Waals surface area contributed by atoms with Gasteiger partial charge in [0.2, 0.25) is 5.24 Å². The monoisotopic (exact) mass is 308 g/mol. The van der Waals surface area contributed by atoms with Crippen molar-refractivity contribution in [3.05, 3.63) is 23.8 Å². The number of alkyl halides is 2. The number of rotatable bonds is 3. The molecule has 0 saturated heterocycles. The largest absolute Gasteiger partial charge is 0.423 e. The number of benzene rings is 1. The highest BCUT2D eigenvalue weighted by Gasteiger charge is 2.38. The highest BCUT2D eigenvalue weighted by molar-refractivity contribution is 6.64. The molecule has 3 nitrogen and oxygen atoms in total. The van der Waals surface area contributed by atoms with Crippen LogP contribution in [-0.2, 0) is 4.79 Å². The zero-order valence-electron chi connectivity index (χ0n) is 9.75. The Balaban J connectivity index is 2.36. The van der Waals surface area contributed by atoms with Crippen molar-refractivity contribution in [2.75, 3.05) is 0 Å². The highest BCUT2D eigenvalue weighted by Crippen LogP contribution is 2.45. The molecule has 0 spiro atoms. The molecule has 0 N–H and O–H groups in total. The Hall–Kier alpha value is -0.640. The zero-order chi connectivity index (χ0) is 13.5. The Kier molecular flexibility index (Phi) is 3.67. The second-order valence-corrected chi connectivity index (χ2v) is 5.96. The number of hydrogen-bond acceptors (Lipinski definition) is 3. The van der Waals surface area contributed by atoms with E-state index in [4.69, 9.17) is 44.3 Å². The predicted molar refractivity (Wildman–Crippen MR) is 70.6 cm³/mol. The van der Waals surface area contributed by atoms with Crippen LogP contribution < -0.4 is 9.47 Å². The summed E-state index contributed by atoms with van der Waals surface area (Å²) in [4.78, 5) is 11.5. The maximum absolute atomic E-state index is 11.5. The van der Waals surface area contributed by atoms with Gasteiger partial charge in [0.25, 0.3) is 0 Å². The Morgan fingerprint density at radius 3 is 2.39 bits per heavy atom. The van der Waals surface area contributed by atoms with Gasteiger partial charge in [-0.15, -0.1) is 0 Å². The maximum atomic E-state index is 11.5. The van der Waals surface area contributed by atoms with Crippen LogP contribution in [0.3, 0.4) is 0 Å². The molecule has 6 heteroatoms. The number of carbonyl (C=O) groups excluding carboxylic acids is 1. The van der Waals surface area contributed by atoms with Gasteiger partial charge in [-0.1, -0.05) is 19.9 Å². The summed E-state index contributed by atoms with van der Waals surface area (Å²) in [7, 11) is 0. The summed E-state index contributed by atoms with van der Waals surface area (Å²) in [6.07, 6.45) is 0. The molecule has 1 aliphatic rings. The first kappa shape index (κ1) is 13.8. The minimum Gasteiger partial charge on any atom is -0.423 e. The normalized spacial score (nSPS) is 17.9. The number of carbonyl (C=O) groups is 1. The maximum Gasteiger partial charge on any atom is 0.419 e. The second kappa shape index (κ2) is 4.80. The quantitative estimate of drug-likeness (QED) is 0.624. The van der Waals surface area contributed by atoms with Crippen molar-refractivity contribution in [3.8, 4) is 11.5 Å². The summed E-state index contributed by atoms with van der Waals surface area (Å²) in [5.41, 5.74) is 0.749. The molecule has 0 fully saturated rings. The van der Waals surface area contributed by atoms with E-state index in [1.807, 2.05) is 13.8 Å². The summed E-state index contributed by atoms with van der Waals surface area (Å²) in [6.45, 7) is 3.84. The summed E-state index contributed by atoms with van der Waals surface area (Å²) < 4.78 is 8.63. The molecule has 18 heavy (non-hydrogen) atoms. The molecule has 1 unspecified atom stereocenters. The molecule has 2 rings (SSSR count). The molecule has 0 radical (unpaired) electrons. The molecule has 1 atom stereocenters. The smallest absolute Gasteiger partial charge is 0.419 e. The van der Waals surface area contributed by atoms with Gasteiger partial charge in [-0.25, -0.2) is 0 Å². The lowest BCUT2D eigenvalue weighted by Gasteiger charge is -2.17. The standard InChI is InChI=1S/C12H11Cl3O3/c1-6(2)10(11(13)16)7-3-4-8-9(5-7)18-12(14,15)17-8/h3-6,10H,1-2H3. The molecule has 1 aliphatic heterocycles. The second-order valence-electron chi connectivity index (χ2n) is 4.40. The summed E-state index contributed by atoms with van der Waals surface area (Å²) in [6, 6.07) is 5.08. The van der Waals surface area contributed by atoms with Gasteiger partial charge in [0.15, 0.2) is 11.5 Å². The lowest BCUT2D eigenvalue weighted by atomic mass is 9.89. The third kappa shape index (κ3) is 2.68. The first-order valence-corrected chi connectivity index (χ1v) is 6.52. The van der Waals surface area contributed by atoms with Crippen molar-refractivity contribution in [2.24, 2.45) is 5.92 Å². The average molecular weight is 310 g/mol. The van der Waals surface area contributed by atoms with Crippen LogP contribution in [0.2, 0.25) is 0 Å². The van der Waals surface area contributed by atoms with E-state index < -0.39 is 15.9 Å². The number of fused-ring (bicyclic) bond motifs is 1. The third-order valence-electron chi connectivity index (χ3n) is 2.70. The van der Waals surface area contributed by atoms with Gasteiger partial charge in [0, 0.05) is 0 Å². The summed E-state index contributed by atoms with van der Waals surface area (Å²) in [5.74, 6) is 0.516. The Bertz CT molecular complexity index is 485. The van der Waals surface area contributed by atoms with Crippen molar-refractivity contribution >= 4 is 40.0 Å². The minimum absolute atomic E-state index is 0.0760. The molecule has 98 valence electrons. The molecule has 0 bridgehead atoms. The van der Waals surface area contributed by atoms with Crippen molar-refractivity contribution in [1.29, 1.82) is 0 Å². The molecular weight excluding hydrogens is 298 g/mol.